The molecule has 0 atom stereocenters. The first-order chi connectivity index (χ1) is 8.28. The second kappa shape index (κ2) is 3.84. The third-order valence-electron chi connectivity index (χ3n) is 3.00. The van der Waals surface area contributed by atoms with Gasteiger partial charge in [-0.1, -0.05) is 6.92 Å². The van der Waals surface area contributed by atoms with E-state index in [1.807, 2.05) is 18.6 Å². The topological polar surface area (TPSA) is 69.6 Å². The Kier molecular flexibility index (Phi) is 2.31. The first kappa shape index (κ1) is 10.3. The molecule has 88 valence electrons. The monoisotopic (exact) mass is 229 g/mol. The smallest absolute Gasteiger partial charge is 0.180 e. The Morgan fingerprint density at radius 3 is 2.94 bits per heavy atom. The van der Waals surface area contributed by atoms with Crippen molar-refractivity contribution in [1.29, 1.82) is 0 Å². The molecule has 0 bridgehead atoms. The van der Waals surface area contributed by atoms with Crippen molar-refractivity contribution in [1.82, 2.24) is 19.5 Å². The summed E-state index contributed by atoms with van der Waals surface area (Å²) in [7, 11) is 0. The molecule has 0 aliphatic heterocycles. The summed E-state index contributed by atoms with van der Waals surface area (Å²) in [6.07, 6.45) is 6.95. The zero-order valence-corrected chi connectivity index (χ0v) is 9.80. The van der Waals surface area contributed by atoms with Crippen molar-refractivity contribution in [2.45, 2.75) is 32.2 Å². The van der Waals surface area contributed by atoms with Gasteiger partial charge in [0.25, 0.3) is 0 Å². The zero-order chi connectivity index (χ0) is 11.8. The highest BCUT2D eigenvalue weighted by molar-refractivity contribution is 5.52. The summed E-state index contributed by atoms with van der Waals surface area (Å²) in [5.41, 5.74) is 7.74. The predicted molar refractivity (Wildman–Crippen MR) is 65.3 cm³/mol. The van der Waals surface area contributed by atoms with Gasteiger partial charge in [-0.2, -0.15) is 0 Å². The predicted octanol–water partition coefficient (Wildman–Crippen LogP) is 1.82. The van der Waals surface area contributed by atoms with Gasteiger partial charge in [-0.3, -0.25) is 0 Å². The van der Waals surface area contributed by atoms with Crippen LogP contribution >= 0.6 is 0 Å². The Morgan fingerprint density at radius 1 is 1.41 bits per heavy atom. The van der Waals surface area contributed by atoms with E-state index in [4.69, 9.17) is 5.73 Å². The van der Waals surface area contributed by atoms with Crippen LogP contribution in [0.3, 0.4) is 0 Å². The fraction of sp³-hybridized carbons (Fsp3) is 0.417. The number of anilines is 1. The lowest BCUT2D eigenvalue weighted by Crippen LogP contribution is -2.03. The summed E-state index contributed by atoms with van der Waals surface area (Å²) in [4.78, 5) is 13.0. The van der Waals surface area contributed by atoms with Crippen LogP contribution in [0, 0.1) is 0 Å². The van der Waals surface area contributed by atoms with Crippen LogP contribution in [-0.4, -0.2) is 19.5 Å². The molecule has 0 amide bonds. The van der Waals surface area contributed by atoms with Gasteiger partial charge in [0.05, 0.1) is 12.5 Å². The molecule has 1 fully saturated rings. The third kappa shape index (κ3) is 1.88. The Labute approximate surface area is 99.7 Å². The number of hydrogen-bond acceptors (Lipinski definition) is 4. The molecule has 17 heavy (non-hydrogen) atoms. The molecule has 5 nitrogen and oxygen atoms in total. The second-order valence-electron chi connectivity index (χ2n) is 4.38. The van der Waals surface area contributed by atoms with Crippen LogP contribution in [0.1, 0.15) is 31.5 Å². The maximum absolute atomic E-state index is 5.80. The van der Waals surface area contributed by atoms with E-state index in [1.165, 1.54) is 12.8 Å². The van der Waals surface area contributed by atoms with Gasteiger partial charge in [0.15, 0.2) is 5.82 Å². The van der Waals surface area contributed by atoms with Gasteiger partial charge >= 0.3 is 0 Å². The van der Waals surface area contributed by atoms with Gasteiger partial charge in [0.1, 0.15) is 11.5 Å². The number of aryl methyl sites for hydroxylation is 1. The summed E-state index contributed by atoms with van der Waals surface area (Å²) >= 11 is 0. The molecule has 2 heterocycles. The van der Waals surface area contributed by atoms with Crippen LogP contribution in [0.5, 0.6) is 0 Å². The first-order valence-electron chi connectivity index (χ1n) is 5.93. The minimum atomic E-state index is 0.524. The Hall–Kier alpha value is -1.91. The number of rotatable bonds is 3. The summed E-state index contributed by atoms with van der Waals surface area (Å²) in [6, 6.07) is 2.39. The molecule has 1 saturated carbocycles. The van der Waals surface area contributed by atoms with E-state index >= 15 is 0 Å². The van der Waals surface area contributed by atoms with Crippen molar-refractivity contribution < 1.29 is 0 Å². The summed E-state index contributed by atoms with van der Waals surface area (Å²) in [5, 5.41) is 0. The van der Waals surface area contributed by atoms with Crippen molar-refractivity contribution >= 4 is 5.82 Å². The van der Waals surface area contributed by atoms with Crippen molar-refractivity contribution in [2.24, 2.45) is 0 Å². The number of aromatic nitrogens is 4. The van der Waals surface area contributed by atoms with E-state index < -0.39 is 0 Å². The highest BCUT2D eigenvalue weighted by Gasteiger charge is 2.26. The van der Waals surface area contributed by atoms with E-state index in [1.54, 1.807) is 0 Å². The molecular formula is C12H15N5. The first-order valence-corrected chi connectivity index (χ1v) is 5.93. The maximum Gasteiger partial charge on any atom is 0.180 e. The van der Waals surface area contributed by atoms with Crippen molar-refractivity contribution in [3.63, 3.8) is 0 Å². The minimum absolute atomic E-state index is 0.524. The maximum atomic E-state index is 5.80. The van der Waals surface area contributed by atoms with Crippen LogP contribution in [0.25, 0.3) is 11.5 Å². The van der Waals surface area contributed by atoms with Gasteiger partial charge < -0.3 is 10.3 Å². The second-order valence-corrected chi connectivity index (χ2v) is 4.38. The Balaban J connectivity index is 2.07. The van der Waals surface area contributed by atoms with E-state index in [0.717, 1.165) is 17.8 Å². The highest BCUT2D eigenvalue weighted by Crippen LogP contribution is 2.37. The number of nitrogens with zero attached hydrogens (tertiary/aromatic N) is 4. The average Bonchev–Trinajstić information content (AvgIpc) is 3.06. The Bertz CT molecular complexity index is 542. The van der Waals surface area contributed by atoms with Gasteiger partial charge in [0.2, 0.25) is 0 Å². The summed E-state index contributed by atoms with van der Waals surface area (Å²) in [5.74, 6) is 1.21. The Morgan fingerprint density at radius 2 is 2.24 bits per heavy atom. The molecule has 0 radical (unpaired) electrons. The van der Waals surface area contributed by atoms with Crippen LogP contribution < -0.4 is 5.73 Å². The van der Waals surface area contributed by atoms with Crippen LogP contribution in [0.15, 0.2) is 18.6 Å². The minimum Gasteiger partial charge on any atom is -0.384 e. The molecule has 1 aliphatic carbocycles. The van der Waals surface area contributed by atoms with Crippen molar-refractivity contribution in [3.8, 4) is 11.5 Å². The molecule has 1 aliphatic rings. The molecular weight excluding hydrogens is 214 g/mol. The lowest BCUT2D eigenvalue weighted by atomic mass is 10.3. The molecule has 3 rings (SSSR count). The molecule has 2 aromatic heterocycles. The van der Waals surface area contributed by atoms with Gasteiger partial charge in [-0.25, -0.2) is 15.0 Å². The van der Waals surface area contributed by atoms with Crippen molar-refractivity contribution in [3.05, 3.63) is 24.3 Å². The number of hydrogen-bond donors (Lipinski definition) is 1. The highest BCUT2D eigenvalue weighted by atomic mass is 15.1. The van der Waals surface area contributed by atoms with Crippen molar-refractivity contribution in [2.75, 3.05) is 5.73 Å². The van der Waals surface area contributed by atoms with Crippen LogP contribution in [0.4, 0.5) is 5.82 Å². The number of nitrogen functional groups attached to an aromatic ring is 1. The fourth-order valence-electron chi connectivity index (χ4n) is 1.94. The quantitative estimate of drug-likeness (QED) is 0.871. The van der Waals surface area contributed by atoms with Gasteiger partial charge in [-0.15, -0.1) is 0 Å². The standard InChI is InChI=1S/C12H15N5/c1-2-8-5-11(13)16-12(15-8)10-6-14-7-17(10)9-3-4-9/h5-7,9H,2-4H2,1H3,(H2,13,15,16). The number of nitrogens with two attached hydrogens (primary N) is 1. The average molecular weight is 229 g/mol. The molecule has 2 N–H and O–H groups in total. The van der Waals surface area contributed by atoms with E-state index in [2.05, 4.69) is 26.4 Å². The van der Waals surface area contributed by atoms with Crippen LogP contribution in [-0.2, 0) is 6.42 Å². The molecule has 5 heteroatoms. The summed E-state index contributed by atoms with van der Waals surface area (Å²) in [6.45, 7) is 2.06. The fourth-order valence-corrected chi connectivity index (χ4v) is 1.94. The van der Waals surface area contributed by atoms with E-state index in [-0.39, 0.29) is 0 Å². The lowest BCUT2D eigenvalue weighted by molar-refractivity contribution is 0.742. The molecule has 0 unspecified atom stereocenters. The third-order valence-corrected chi connectivity index (χ3v) is 3.00. The van der Waals surface area contributed by atoms with E-state index in [9.17, 15) is 0 Å². The molecule has 0 spiro atoms. The normalized spacial score (nSPS) is 15.1. The number of imidazole rings is 1. The molecule has 0 aromatic carbocycles. The lowest BCUT2D eigenvalue weighted by Gasteiger charge is -2.07. The van der Waals surface area contributed by atoms with Crippen LogP contribution in [0.2, 0.25) is 0 Å². The molecule has 2 aromatic rings. The van der Waals surface area contributed by atoms with Gasteiger partial charge in [-0.05, 0) is 19.3 Å². The largest absolute Gasteiger partial charge is 0.384 e. The summed E-state index contributed by atoms with van der Waals surface area (Å²) < 4.78 is 2.15. The molecule has 0 saturated heterocycles. The zero-order valence-electron chi connectivity index (χ0n) is 9.80. The van der Waals surface area contributed by atoms with Gasteiger partial charge in [0, 0.05) is 17.8 Å². The SMILES string of the molecule is CCc1cc(N)nc(-c2cncn2C2CC2)n1. The van der Waals surface area contributed by atoms with E-state index in [0.29, 0.717) is 17.7 Å².